The van der Waals surface area contributed by atoms with Crippen LogP contribution in [0.5, 0.6) is 0 Å². The van der Waals surface area contributed by atoms with Gasteiger partial charge in [-0.1, -0.05) is 0 Å². The van der Waals surface area contributed by atoms with E-state index in [0.29, 0.717) is 12.5 Å². The summed E-state index contributed by atoms with van der Waals surface area (Å²) in [6.07, 6.45) is 4.51. The van der Waals surface area contributed by atoms with Crippen molar-refractivity contribution >= 4 is 11.6 Å². The maximum Gasteiger partial charge on any atom is 0.137 e. The molecule has 0 bridgehead atoms. The van der Waals surface area contributed by atoms with Crippen LogP contribution in [0.15, 0.2) is 6.33 Å². The molecule has 1 N–H and O–H groups in total. The van der Waals surface area contributed by atoms with Gasteiger partial charge in [-0.15, -0.1) is 0 Å². The highest BCUT2D eigenvalue weighted by Crippen LogP contribution is 2.33. The van der Waals surface area contributed by atoms with Gasteiger partial charge in [-0.05, 0) is 19.8 Å². The Morgan fingerprint density at radius 3 is 2.88 bits per heavy atom. The number of nitriles is 1. The Hall–Kier alpha value is -1.83. The predicted molar refractivity (Wildman–Crippen MR) is 66.9 cm³/mol. The third-order valence-electron chi connectivity index (χ3n) is 3.02. The first-order valence-corrected chi connectivity index (χ1v) is 5.91. The zero-order chi connectivity index (χ0) is 12.3. The van der Waals surface area contributed by atoms with Crippen molar-refractivity contribution in [3.8, 4) is 6.07 Å². The Balaban J connectivity index is 2.26. The summed E-state index contributed by atoms with van der Waals surface area (Å²) in [5.41, 5.74) is 1.06. The minimum atomic E-state index is 0.537. The van der Waals surface area contributed by atoms with Crippen molar-refractivity contribution in [2.24, 2.45) is 0 Å². The second-order valence-corrected chi connectivity index (χ2v) is 4.25. The molecule has 0 atom stereocenters. The minimum Gasteiger partial charge on any atom is -0.373 e. The number of rotatable bonds is 5. The fraction of sp³-hybridized carbons (Fsp3) is 0.583. The molecule has 5 heteroatoms. The van der Waals surface area contributed by atoms with Crippen molar-refractivity contribution in [1.29, 1.82) is 5.26 Å². The Morgan fingerprint density at radius 2 is 2.29 bits per heavy atom. The van der Waals surface area contributed by atoms with Gasteiger partial charge in [0.2, 0.25) is 0 Å². The van der Waals surface area contributed by atoms with Crippen LogP contribution >= 0.6 is 0 Å². The van der Waals surface area contributed by atoms with E-state index in [-0.39, 0.29) is 0 Å². The fourth-order valence-electron chi connectivity index (χ4n) is 2.00. The highest BCUT2D eigenvalue weighted by molar-refractivity contribution is 5.58. The van der Waals surface area contributed by atoms with E-state index in [2.05, 4.69) is 26.3 Å². The molecular formula is C12H17N5. The van der Waals surface area contributed by atoms with Crippen LogP contribution in [0.4, 0.5) is 11.6 Å². The van der Waals surface area contributed by atoms with Gasteiger partial charge in [-0.2, -0.15) is 5.26 Å². The predicted octanol–water partition coefficient (Wildman–Crippen LogP) is 1.71. The summed E-state index contributed by atoms with van der Waals surface area (Å²) in [6.45, 7) is 2.77. The molecule has 1 fully saturated rings. The normalized spacial score (nSPS) is 14.2. The molecular weight excluding hydrogens is 214 g/mol. The van der Waals surface area contributed by atoms with E-state index in [1.165, 1.54) is 12.8 Å². The van der Waals surface area contributed by atoms with Gasteiger partial charge in [-0.3, -0.25) is 0 Å². The van der Waals surface area contributed by atoms with Gasteiger partial charge in [-0.25, -0.2) is 9.97 Å². The van der Waals surface area contributed by atoms with E-state index >= 15 is 0 Å². The van der Waals surface area contributed by atoms with E-state index in [0.717, 1.165) is 23.7 Å². The van der Waals surface area contributed by atoms with Gasteiger partial charge >= 0.3 is 0 Å². The van der Waals surface area contributed by atoms with E-state index in [4.69, 9.17) is 5.26 Å². The summed E-state index contributed by atoms with van der Waals surface area (Å²) >= 11 is 0. The zero-order valence-corrected chi connectivity index (χ0v) is 10.3. The summed E-state index contributed by atoms with van der Waals surface area (Å²) in [5, 5.41) is 11.8. The summed E-state index contributed by atoms with van der Waals surface area (Å²) in [6, 6.07) is 2.76. The maximum absolute atomic E-state index is 8.71. The molecule has 1 aliphatic rings. The van der Waals surface area contributed by atoms with Crippen LogP contribution in [0, 0.1) is 18.3 Å². The Bertz CT molecular complexity index is 433. The summed E-state index contributed by atoms with van der Waals surface area (Å²) in [5.74, 6) is 1.82. The monoisotopic (exact) mass is 231 g/mol. The molecule has 1 heterocycles. The Morgan fingerprint density at radius 1 is 1.53 bits per heavy atom. The number of hydrogen-bond acceptors (Lipinski definition) is 5. The van der Waals surface area contributed by atoms with Crippen molar-refractivity contribution in [1.82, 2.24) is 9.97 Å². The van der Waals surface area contributed by atoms with Crippen molar-refractivity contribution < 1.29 is 0 Å². The van der Waals surface area contributed by atoms with E-state index in [1.54, 1.807) is 6.33 Å². The summed E-state index contributed by atoms with van der Waals surface area (Å²) in [7, 11) is 1.86. The van der Waals surface area contributed by atoms with Crippen LogP contribution < -0.4 is 10.2 Å². The first-order valence-electron chi connectivity index (χ1n) is 5.91. The largest absolute Gasteiger partial charge is 0.373 e. The average Bonchev–Trinajstić information content (AvgIpc) is 3.16. The Kier molecular flexibility index (Phi) is 3.43. The molecule has 0 saturated heterocycles. The maximum atomic E-state index is 8.71. The fourth-order valence-corrected chi connectivity index (χ4v) is 2.00. The zero-order valence-electron chi connectivity index (χ0n) is 10.3. The van der Waals surface area contributed by atoms with Crippen LogP contribution in [0.25, 0.3) is 0 Å². The average molecular weight is 231 g/mol. The lowest BCUT2D eigenvalue weighted by atomic mass is 10.2. The minimum absolute atomic E-state index is 0.537. The molecule has 1 saturated carbocycles. The number of aromatic nitrogens is 2. The lowest BCUT2D eigenvalue weighted by molar-refractivity contribution is 0.771. The van der Waals surface area contributed by atoms with E-state index in [9.17, 15) is 0 Å². The number of anilines is 2. The van der Waals surface area contributed by atoms with Gasteiger partial charge in [0.15, 0.2) is 0 Å². The first kappa shape index (κ1) is 11.6. The lowest BCUT2D eigenvalue weighted by Gasteiger charge is -2.24. The van der Waals surface area contributed by atoms with Gasteiger partial charge in [0, 0.05) is 25.2 Å². The SMILES string of the molecule is CNc1ncnc(N(CCC#N)C2CC2)c1C. The van der Waals surface area contributed by atoms with Crippen LogP contribution in [-0.2, 0) is 0 Å². The molecule has 0 unspecified atom stereocenters. The van der Waals surface area contributed by atoms with Crippen LogP contribution in [0.2, 0.25) is 0 Å². The second-order valence-electron chi connectivity index (χ2n) is 4.25. The molecule has 0 aliphatic heterocycles. The first-order chi connectivity index (χ1) is 8.27. The molecule has 5 nitrogen and oxygen atoms in total. The standard InChI is InChI=1S/C12H17N5/c1-9-11(14-2)15-8-16-12(9)17(7-3-6-13)10-4-5-10/h8,10H,3-5,7H2,1-2H3,(H,14,15,16). The molecule has 0 amide bonds. The molecule has 0 radical (unpaired) electrons. The van der Waals surface area contributed by atoms with Crippen LogP contribution in [0.3, 0.4) is 0 Å². The van der Waals surface area contributed by atoms with Gasteiger partial charge < -0.3 is 10.2 Å². The van der Waals surface area contributed by atoms with Gasteiger partial charge in [0.05, 0.1) is 12.5 Å². The smallest absolute Gasteiger partial charge is 0.137 e. The van der Waals surface area contributed by atoms with Crippen molar-refractivity contribution in [3.63, 3.8) is 0 Å². The Labute approximate surface area is 101 Å². The molecule has 17 heavy (non-hydrogen) atoms. The molecule has 1 aliphatic carbocycles. The van der Waals surface area contributed by atoms with E-state index < -0.39 is 0 Å². The van der Waals surface area contributed by atoms with Crippen molar-refractivity contribution in [2.75, 3.05) is 23.8 Å². The third kappa shape index (κ3) is 2.47. The topological polar surface area (TPSA) is 64.8 Å². The number of nitrogens with zero attached hydrogens (tertiary/aromatic N) is 4. The molecule has 2 rings (SSSR count). The highest BCUT2D eigenvalue weighted by Gasteiger charge is 2.30. The number of hydrogen-bond donors (Lipinski definition) is 1. The quantitative estimate of drug-likeness (QED) is 0.835. The molecule has 1 aromatic heterocycles. The molecule has 1 aromatic rings. The van der Waals surface area contributed by atoms with Gasteiger partial charge in [0.25, 0.3) is 0 Å². The van der Waals surface area contributed by atoms with Crippen molar-refractivity contribution in [3.05, 3.63) is 11.9 Å². The second kappa shape index (κ2) is 5.00. The third-order valence-corrected chi connectivity index (χ3v) is 3.02. The number of nitrogens with one attached hydrogen (secondary N) is 1. The molecule has 0 aromatic carbocycles. The molecule has 0 spiro atoms. The van der Waals surface area contributed by atoms with Crippen LogP contribution in [-0.4, -0.2) is 29.6 Å². The van der Waals surface area contributed by atoms with E-state index in [1.807, 2.05) is 14.0 Å². The summed E-state index contributed by atoms with van der Waals surface area (Å²) < 4.78 is 0. The highest BCUT2D eigenvalue weighted by atomic mass is 15.2. The van der Waals surface area contributed by atoms with Crippen molar-refractivity contribution in [2.45, 2.75) is 32.2 Å². The van der Waals surface area contributed by atoms with Crippen LogP contribution in [0.1, 0.15) is 24.8 Å². The molecule has 90 valence electrons. The van der Waals surface area contributed by atoms with Gasteiger partial charge in [0.1, 0.15) is 18.0 Å². The summed E-state index contributed by atoms with van der Waals surface area (Å²) in [4.78, 5) is 10.8. The lowest BCUT2D eigenvalue weighted by Crippen LogP contribution is -2.28.